The minimum atomic E-state index is 0.0193. The van der Waals surface area contributed by atoms with Gasteiger partial charge in [-0.1, -0.05) is 0 Å². The van der Waals surface area contributed by atoms with E-state index in [0.717, 1.165) is 45.9 Å². The smallest absolute Gasteiger partial charge is 0.223 e. The van der Waals surface area contributed by atoms with E-state index in [0.29, 0.717) is 25.6 Å². The minimum absolute atomic E-state index is 0.0193. The molecule has 23 heavy (non-hydrogen) atoms. The van der Waals surface area contributed by atoms with Crippen LogP contribution in [0.1, 0.15) is 12.0 Å². The van der Waals surface area contributed by atoms with Crippen molar-refractivity contribution in [3.63, 3.8) is 0 Å². The molecule has 3 aliphatic rings. The number of fused-ring (bicyclic) bond motifs is 1. The highest BCUT2D eigenvalue weighted by molar-refractivity contribution is 7.07. The van der Waals surface area contributed by atoms with Crippen LogP contribution in [-0.4, -0.2) is 68.3 Å². The number of likely N-dealkylation sites (tertiary alicyclic amines) is 1. The molecule has 0 aliphatic carbocycles. The summed E-state index contributed by atoms with van der Waals surface area (Å²) < 4.78 is 11.1. The third-order valence-corrected chi connectivity index (χ3v) is 6.18. The van der Waals surface area contributed by atoms with Crippen molar-refractivity contribution in [3.05, 3.63) is 22.4 Å². The Morgan fingerprint density at radius 3 is 3.00 bits per heavy atom. The summed E-state index contributed by atoms with van der Waals surface area (Å²) in [4.78, 5) is 17.2. The summed E-state index contributed by atoms with van der Waals surface area (Å²) in [6, 6.07) is 2.20. The fourth-order valence-corrected chi connectivity index (χ4v) is 4.84. The average Bonchev–Trinajstić information content (AvgIpc) is 3.25. The highest BCUT2D eigenvalue weighted by Gasteiger charge is 2.51. The van der Waals surface area contributed by atoms with Gasteiger partial charge in [-0.3, -0.25) is 9.69 Å². The quantitative estimate of drug-likeness (QED) is 0.834. The standard InChI is InChI=1S/C17H24N2O3S/c20-16(19-2-4-21-5-3-19)7-17-12-18(8-14-1-6-23-11-14)9-15(17)10-22-13-17/h1,6,11,15H,2-5,7-10,12-13H2/t15-,17+/m1/s1. The van der Waals surface area contributed by atoms with Crippen LogP contribution in [0.5, 0.6) is 0 Å². The van der Waals surface area contributed by atoms with Crippen molar-refractivity contribution in [2.24, 2.45) is 11.3 Å². The number of carbonyl (C=O) groups is 1. The lowest BCUT2D eigenvalue weighted by Gasteiger charge is -2.32. The van der Waals surface area contributed by atoms with Gasteiger partial charge in [0.15, 0.2) is 0 Å². The van der Waals surface area contributed by atoms with Gasteiger partial charge in [-0.05, 0) is 22.4 Å². The van der Waals surface area contributed by atoms with Crippen LogP contribution in [0.2, 0.25) is 0 Å². The molecule has 3 fully saturated rings. The summed E-state index contributed by atoms with van der Waals surface area (Å²) in [6.45, 7) is 7.36. The van der Waals surface area contributed by atoms with Gasteiger partial charge in [0.05, 0.1) is 26.4 Å². The Morgan fingerprint density at radius 1 is 1.35 bits per heavy atom. The molecule has 2 atom stereocenters. The molecule has 1 aromatic rings. The Bertz CT molecular complexity index is 544. The number of carbonyl (C=O) groups excluding carboxylic acids is 1. The van der Waals surface area contributed by atoms with E-state index in [1.165, 1.54) is 5.56 Å². The number of hydrogen-bond donors (Lipinski definition) is 0. The third-order valence-electron chi connectivity index (χ3n) is 5.45. The topological polar surface area (TPSA) is 42.0 Å². The van der Waals surface area contributed by atoms with Crippen LogP contribution in [0.25, 0.3) is 0 Å². The van der Waals surface area contributed by atoms with Gasteiger partial charge in [0.1, 0.15) is 0 Å². The SMILES string of the molecule is O=C(C[C@]12COC[C@H]1CN(Cc1ccsc1)C2)N1CCOCC1. The minimum Gasteiger partial charge on any atom is -0.380 e. The maximum atomic E-state index is 12.7. The van der Waals surface area contributed by atoms with Crippen LogP contribution in [0.15, 0.2) is 16.8 Å². The van der Waals surface area contributed by atoms with E-state index in [-0.39, 0.29) is 11.3 Å². The molecule has 126 valence electrons. The Morgan fingerprint density at radius 2 is 2.22 bits per heavy atom. The van der Waals surface area contributed by atoms with Crippen LogP contribution in [0, 0.1) is 11.3 Å². The van der Waals surface area contributed by atoms with Crippen LogP contribution >= 0.6 is 11.3 Å². The van der Waals surface area contributed by atoms with Crippen molar-refractivity contribution in [1.29, 1.82) is 0 Å². The number of rotatable bonds is 4. The molecule has 4 heterocycles. The van der Waals surface area contributed by atoms with Crippen molar-refractivity contribution < 1.29 is 14.3 Å². The molecule has 0 unspecified atom stereocenters. The molecule has 0 bridgehead atoms. The zero-order valence-electron chi connectivity index (χ0n) is 13.4. The van der Waals surface area contributed by atoms with Crippen molar-refractivity contribution in [2.75, 3.05) is 52.6 Å². The summed E-state index contributed by atoms with van der Waals surface area (Å²) in [5.41, 5.74) is 1.40. The molecule has 5 nitrogen and oxygen atoms in total. The Labute approximate surface area is 141 Å². The molecule has 4 rings (SSSR count). The molecule has 0 saturated carbocycles. The van der Waals surface area contributed by atoms with E-state index in [1.807, 2.05) is 4.90 Å². The average molecular weight is 336 g/mol. The molecule has 0 N–H and O–H groups in total. The van der Waals surface area contributed by atoms with E-state index in [2.05, 4.69) is 21.7 Å². The van der Waals surface area contributed by atoms with Gasteiger partial charge < -0.3 is 14.4 Å². The molecular formula is C17H24N2O3S. The molecule has 1 aromatic heterocycles. The van der Waals surface area contributed by atoms with Gasteiger partial charge in [-0.2, -0.15) is 11.3 Å². The van der Waals surface area contributed by atoms with Gasteiger partial charge in [0, 0.05) is 50.5 Å². The largest absolute Gasteiger partial charge is 0.380 e. The zero-order chi connectivity index (χ0) is 15.7. The fourth-order valence-electron chi connectivity index (χ4n) is 4.18. The molecule has 0 radical (unpaired) electrons. The number of thiophene rings is 1. The number of amides is 1. The van der Waals surface area contributed by atoms with E-state index in [1.54, 1.807) is 11.3 Å². The third kappa shape index (κ3) is 3.18. The second-order valence-electron chi connectivity index (χ2n) is 7.05. The predicted octanol–water partition coefficient (Wildman–Crippen LogP) is 1.45. The van der Waals surface area contributed by atoms with Gasteiger partial charge in [0.25, 0.3) is 0 Å². The first-order valence-corrected chi connectivity index (χ1v) is 9.36. The number of ether oxygens (including phenoxy) is 2. The summed E-state index contributed by atoms with van der Waals surface area (Å²) in [7, 11) is 0. The molecular weight excluding hydrogens is 312 g/mol. The van der Waals surface area contributed by atoms with Crippen LogP contribution in [0.4, 0.5) is 0 Å². The lowest BCUT2D eigenvalue weighted by molar-refractivity contribution is -0.138. The van der Waals surface area contributed by atoms with E-state index in [9.17, 15) is 4.79 Å². The van der Waals surface area contributed by atoms with Crippen molar-refractivity contribution >= 4 is 17.2 Å². The van der Waals surface area contributed by atoms with Gasteiger partial charge in [-0.15, -0.1) is 0 Å². The molecule has 0 aromatic carbocycles. The predicted molar refractivity (Wildman–Crippen MR) is 88.4 cm³/mol. The maximum absolute atomic E-state index is 12.7. The number of morpholine rings is 1. The maximum Gasteiger partial charge on any atom is 0.223 e. The highest BCUT2D eigenvalue weighted by atomic mass is 32.1. The lowest BCUT2D eigenvalue weighted by Crippen LogP contribution is -2.44. The van der Waals surface area contributed by atoms with E-state index < -0.39 is 0 Å². The monoisotopic (exact) mass is 336 g/mol. The Balaban J connectivity index is 1.41. The molecule has 3 aliphatic heterocycles. The van der Waals surface area contributed by atoms with Crippen molar-refractivity contribution in [1.82, 2.24) is 9.80 Å². The van der Waals surface area contributed by atoms with Gasteiger partial charge >= 0.3 is 0 Å². The first-order valence-electron chi connectivity index (χ1n) is 8.42. The molecule has 3 saturated heterocycles. The Kier molecular flexibility index (Phi) is 4.41. The summed E-state index contributed by atoms with van der Waals surface area (Å²) in [5, 5.41) is 4.35. The van der Waals surface area contributed by atoms with Crippen molar-refractivity contribution in [3.8, 4) is 0 Å². The van der Waals surface area contributed by atoms with Crippen LogP contribution in [0.3, 0.4) is 0 Å². The molecule has 1 amide bonds. The normalized spacial score (nSPS) is 31.5. The van der Waals surface area contributed by atoms with E-state index in [4.69, 9.17) is 9.47 Å². The summed E-state index contributed by atoms with van der Waals surface area (Å²) in [5.74, 6) is 0.771. The lowest BCUT2D eigenvalue weighted by atomic mass is 9.77. The molecule has 6 heteroatoms. The van der Waals surface area contributed by atoms with Crippen LogP contribution in [-0.2, 0) is 20.8 Å². The first-order chi connectivity index (χ1) is 11.3. The highest BCUT2D eigenvalue weighted by Crippen LogP contribution is 2.44. The summed E-state index contributed by atoms with van der Waals surface area (Å²) >= 11 is 1.75. The van der Waals surface area contributed by atoms with E-state index >= 15 is 0 Å². The second kappa shape index (κ2) is 6.51. The number of nitrogens with zero attached hydrogens (tertiary/aromatic N) is 2. The van der Waals surface area contributed by atoms with Gasteiger partial charge in [-0.25, -0.2) is 0 Å². The van der Waals surface area contributed by atoms with Crippen LogP contribution < -0.4 is 0 Å². The molecule has 0 spiro atoms. The zero-order valence-corrected chi connectivity index (χ0v) is 14.2. The Hall–Kier alpha value is -0.950. The van der Waals surface area contributed by atoms with Gasteiger partial charge in [0.2, 0.25) is 5.91 Å². The first kappa shape index (κ1) is 15.6. The second-order valence-corrected chi connectivity index (χ2v) is 7.83. The summed E-state index contributed by atoms with van der Waals surface area (Å²) in [6.07, 6.45) is 0.623. The van der Waals surface area contributed by atoms with Crippen molar-refractivity contribution in [2.45, 2.75) is 13.0 Å². The fraction of sp³-hybridized carbons (Fsp3) is 0.706. The number of hydrogen-bond acceptors (Lipinski definition) is 5.